The lowest BCUT2D eigenvalue weighted by Gasteiger charge is -2.32. The summed E-state index contributed by atoms with van der Waals surface area (Å²) in [4.78, 5) is 43.2. The lowest BCUT2D eigenvalue weighted by molar-refractivity contribution is 0.0886. The fraction of sp³-hybridized carbons (Fsp3) is 0.365. The predicted molar refractivity (Wildman–Crippen MR) is 295 cm³/mol. The van der Waals surface area contributed by atoms with Crippen molar-refractivity contribution in [3.8, 4) is 0 Å². The lowest BCUT2D eigenvalue weighted by Crippen LogP contribution is -2.44. The number of hydrogen-bond acceptors (Lipinski definition) is 6. The third kappa shape index (κ3) is 19.2. The number of hydrogen-bond donors (Lipinski definition) is 3. The summed E-state index contributed by atoms with van der Waals surface area (Å²) >= 11 is 9.88. The van der Waals surface area contributed by atoms with Crippen LogP contribution in [0.25, 0.3) is 0 Å². The Hall–Kier alpha value is -3.01. The molecule has 9 nitrogen and oxygen atoms in total. The number of benzene rings is 5. The van der Waals surface area contributed by atoms with Crippen LogP contribution in [0.15, 0.2) is 138 Å². The molecule has 3 aliphatic rings. The number of aryl methyl sites for hydroxylation is 1. The molecule has 66 heavy (non-hydrogen) atoms. The number of carbonyl (C=O) groups excluding carboxylic acids is 3. The average molecular weight is 1300 g/mol. The molecule has 3 amide bonds. The molecule has 352 valence electrons. The first-order chi connectivity index (χ1) is 32.1. The highest BCUT2D eigenvalue weighted by molar-refractivity contribution is 15.0. The number of nitrogens with one attached hydrogen (secondary N) is 3. The molecule has 0 unspecified atom stereocenters. The fourth-order valence-electron chi connectivity index (χ4n) is 8.06. The summed E-state index contributed by atoms with van der Waals surface area (Å²) in [5, 5.41) is 9.34. The summed E-state index contributed by atoms with van der Waals surface area (Å²) in [7, 11) is 0. The van der Waals surface area contributed by atoms with Crippen LogP contribution in [-0.2, 0) is 13.1 Å². The second-order valence-electron chi connectivity index (χ2n) is 16.9. The first-order valence-electron chi connectivity index (χ1n) is 22.6. The van der Waals surface area contributed by atoms with E-state index in [1.54, 1.807) is 4.90 Å². The van der Waals surface area contributed by atoms with E-state index in [9.17, 15) is 18.8 Å². The van der Waals surface area contributed by atoms with Crippen molar-refractivity contribution in [2.24, 2.45) is 0 Å². The third-order valence-corrected chi connectivity index (χ3v) is 13.2. The molecular formula is C52H61BrFI3N6O3. The van der Waals surface area contributed by atoms with Gasteiger partial charge in [-0.3, -0.25) is 29.1 Å². The van der Waals surface area contributed by atoms with E-state index in [4.69, 9.17) is 0 Å². The van der Waals surface area contributed by atoms with Crippen LogP contribution in [0.1, 0.15) is 86.3 Å². The Morgan fingerprint density at radius 2 is 0.848 bits per heavy atom. The molecule has 3 heterocycles. The van der Waals surface area contributed by atoms with Gasteiger partial charge in [-0.1, -0.05) is 94.3 Å². The standard InChI is InChI=1S/C19H21BrN2O.C19H21IN2O.C14H19FN2O.I2/c2*20-17-8-6-16(7-9-17)19(23)21-18-10-12-22(13-11-18)14-15-4-2-1-3-5-15;1-11-2-4-12(5-3-11)14(18)16-13-6-8-17(10-15)9-7-13;1-2/h2*1-9,18H,10-14H2,(H,21,23);2-5,13H,6-10H2,1H3,(H,16,18);/i;20-2;;. The quantitative estimate of drug-likeness (QED) is 0.0901. The van der Waals surface area contributed by atoms with Gasteiger partial charge < -0.3 is 16.0 Å². The van der Waals surface area contributed by atoms with Crippen molar-refractivity contribution in [2.45, 2.75) is 76.7 Å². The van der Waals surface area contributed by atoms with E-state index in [0.717, 1.165) is 116 Å². The molecule has 0 aromatic heterocycles. The van der Waals surface area contributed by atoms with Crippen molar-refractivity contribution in [3.05, 3.63) is 175 Å². The molecule has 0 aliphatic carbocycles. The Morgan fingerprint density at radius 1 is 0.530 bits per heavy atom. The van der Waals surface area contributed by atoms with Crippen molar-refractivity contribution in [2.75, 3.05) is 46.1 Å². The van der Waals surface area contributed by atoms with Crippen molar-refractivity contribution in [3.63, 3.8) is 0 Å². The number of halogens is 5. The number of alkyl halides is 1. The van der Waals surface area contributed by atoms with Gasteiger partial charge in [0.05, 0.1) is 0 Å². The summed E-state index contributed by atoms with van der Waals surface area (Å²) < 4.78 is 14.5. The van der Waals surface area contributed by atoms with Crippen molar-refractivity contribution < 1.29 is 18.8 Å². The number of piperidine rings is 3. The summed E-state index contributed by atoms with van der Waals surface area (Å²) in [6.45, 7) is 9.16. The first-order valence-corrected chi connectivity index (χ1v) is 30.7. The molecular weight excluding hydrogens is 1230 g/mol. The smallest absolute Gasteiger partial charge is 0.251 e. The van der Waals surface area contributed by atoms with Crippen LogP contribution in [0.4, 0.5) is 4.39 Å². The molecule has 3 aliphatic heterocycles. The van der Waals surface area contributed by atoms with Gasteiger partial charge in [-0.25, -0.2) is 4.39 Å². The lowest BCUT2D eigenvalue weighted by atomic mass is 10.0. The Bertz CT molecular complexity index is 2050. The number of nitrogens with zero attached hydrogens (tertiary/aromatic N) is 3. The van der Waals surface area contributed by atoms with Crippen LogP contribution in [0.3, 0.4) is 0 Å². The van der Waals surface area contributed by atoms with Gasteiger partial charge in [0.15, 0.2) is 0 Å². The maximum atomic E-state index is 12.4. The Morgan fingerprint density at radius 3 is 1.20 bits per heavy atom. The molecule has 3 fully saturated rings. The zero-order valence-electron chi connectivity index (χ0n) is 37.5. The minimum Gasteiger partial charge on any atom is -0.349 e. The zero-order valence-corrected chi connectivity index (χ0v) is 45.6. The fourth-order valence-corrected chi connectivity index (χ4v) is 8.69. The van der Waals surface area contributed by atoms with Crippen LogP contribution < -0.4 is 16.0 Å². The van der Waals surface area contributed by atoms with Crippen molar-refractivity contribution in [1.82, 2.24) is 30.7 Å². The molecule has 5 aromatic carbocycles. The Kier molecular flexibility index (Phi) is 24.3. The number of amides is 3. The molecule has 3 saturated heterocycles. The molecule has 8 rings (SSSR count). The Labute approximate surface area is 436 Å². The normalized spacial score (nSPS) is 16.2. The summed E-state index contributed by atoms with van der Waals surface area (Å²) in [5.41, 5.74) is 6.01. The maximum absolute atomic E-state index is 12.4. The van der Waals surface area contributed by atoms with Gasteiger partial charge in [-0.2, -0.15) is 0 Å². The van der Waals surface area contributed by atoms with E-state index in [1.165, 1.54) is 11.1 Å². The van der Waals surface area contributed by atoms with Gasteiger partial charge in [0, 0.05) is 132 Å². The molecule has 3 N–H and O–H groups in total. The van der Waals surface area contributed by atoms with Gasteiger partial charge in [-0.05, 0) is 140 Å². The largest absolute Gasteiger partial charge is 0.349 e. The van der Waals surface area contributed by atoms with Gasteiger partial charge in [-0.15, -0.1) is 0 Å². The van der Waals surface area contributed by atoms with E-state index in [2.05, 4.69) is 156 Å². The molecule has 0 spiro atoms. The van der Waals surface area contributed by atoms with Crippen molar-refractivity contribution >= 4 is 93.5 Å². The topological polar surface area (TPSA) is 97.0 Å². The number of carbonyl (C=O) groups is 3. The van der Waals surface area contributed by atoms with E-state index >= 15 is 0 Å². The summed E-state index contributed by atoms with van der Waals surface area (Å²) in [6.07, 6.45) is 5.69. The minimum atomic E-state index is -0.390. The third-order valence-electron chi connectivity index (χ3n) is 12.0. The van der Waals surface area contributed by atoms with Gasteiger partial charge in [0.2, 0.25) is 0 Å². The highest BCUT2D eigenvalue weighted by Crippen LogP contribution is 2.18. The molecule has 0 atom stereocenters. The number of rotatable bonds is 11. The highest BCUT2D eigenvalue weighted by atomic mass is 128. The van der Waals surface area contributed by atoms with E-state index < -0.39 is 6.80 Å². The zero-order chi connectivity index (χ0) is 47.1. The van der Waals surface area contributed by atoms with Crippen molar-refractivity contribution in [1.29, 1.82) is 0 Å². The van der Waals surface area contributed by atoms with Crippen LogP contribution in [-0.4, -0.2) is 96.6 Å². The number of likely N-dealkylation sites (tertiary alicyclic amines) is 3. The average Bonchev–Trinajstić information content (AvgIpc) is 3.35. The van der Waals surface area contributed by atoms with E-state index in [1.807, 2.05) is 85.8 Å². The second kappa shape index (κ2) is 29.8. The predicted octanol–water partition coefficient (Wildman–Crippen LogP) is 11.4. The van der Waals surface area contributed by atoms with Gasteiger partial charge >= 0.3 is 0 Å². The van der Waals surface area contributed by atoms with Crippen LogP contribution >= 0.6 is 75.8 Å². The van der Waals surface area contributed by atoms with Crippen LogP contribution in [0, 0.1) is 10.5 Å². The molecule has 0 bridgehead atoms. The summed E-state index contributed by atoms with van der Waals surface area (Å²) in [5.74, 6) is 0.0376. The van der Waals surface area contributed by atoms with Crippen LogP contribution in [0.2, 0.25) is 0 Å². The molecule has 0 saturated carbocycles. The monoisotopic (exact) mass is 1290 g/mol. The molecule has 14 heteroatoms. The Balaban J connectivity index is 0.000000184. The second-order valence-corrected chi connectivity index (χ2v) is 19.0. The van der Waals surface area contributed by atoms with E-state index in [0.29, 0.717) is 5.56 Å². The first kappa shape index (κ1) is 53.9. The van der Waals surface area contributed by atoms with Gasteiger partial charge in [0.1, 0.15) is 6.80 Å². The van der Waals surface area contributed by atoms with E-state index in [-0.39, 0.29) is 35.8 Å². The van der Waals surface area contributed by atoms with Crippen LogP contribution in [0.5, 0.6) is 0 Å². The van der Waals surface area contributed by atoms with Gasteiger partial charge in [0.25, 0.3) is 17.7 Å². The molecule has 0 radical (unpaired) electrons. The molecule has 5 aromatic rings. The highest BCUT2D eigenvalue weighted by Gasteiger charge is 2.23. The maximum Gasteiger partial charge on any atom is 0.251 e. The minimum absolute atomic E-state index is 0.0269. The SMILES string of the molecule is Cc1ccc(C(=O)NC2CCN(CF)CC2)cc1.II.O=C(NC1CCN(Cc2ccccc2)CC1)c1ccc(Br)cc1.O=C(NC1CCN(Cc2ccccc2)CC1)c1ccc([125I])cc1. The summed E-state index contributed by atoms with van der Waals surface area (Å²) in [6, 6.07) is 44.6.